The van der Waals surface area contributed by atoms with Gasteiger partial charge in [-0.2, -0.15) is 9.97 Å². The number of alkyl halides is 1. The molecule has 2 N–H and O–H groups in total. The van der Waals surface area contributed by atoms with Gasteiger partial charge in [-0.25, -0.2) is 13.2 Å². The number of phenols is 1. The lowest BCUT2D eigenvalue weighted by molar-refractivity contribution is 0.107. The lowest BCUT2D eigenvalue weighted by Gasteiger charge is -2.37. The Morgan fingerprint density at radius 3 is 2.76 bits per heavy atom. The highest BCUT2D eigenvalue weighted by atomic mass is 19.1. The van der Waals surface area contributed by atoms with Crippen molar-refractivity contribution >= 4 is 27.5 Å². The second kappa shape index (κ2) is 10.9. The first-order valence-corrected chi connectivity index (χ1v) is 15.1. The van der Waals surface area contributed by atoms with Crippen LogP contribution < -0.4 is 9.64 Å². The van der Waals surface area contributed by atoms with E-state index in [9.17, 15) is 19.0 Å². The zero-order chi connectivity index (χ0) is 31.6. The van der Waals surface area contributed by atoms with Gasteiger partial charge in [-0.05, 0) is 60.2 Å². The minimum atomic E-state index is -0.941. The number of piperidine rings is 1. The summed E-state index contributed by atoms with van der Waals surface area (Å²) in [4.78, 5) is 13.3. The minimum absolute atomic E-state index is 0.0393. The molecule has 3 aromatic carbocycles. The van der Waals surface area contributed by atoms with Gasteiger partial charge in [0.2, 0.25) is 0 Å². The van der Waals surface area contributed by atoms with Crippen LogP contribution >= 0.6 is 0 Å². The van der Waals surface area contributed by atoms with Crippen molar-refractivity contribution in [3.63, 3.8) is 0 Å². The van der Waals surface area contributed by atoms with Gasteiger partial charge in [-0.1, -0.05) is 31.6 Å². The lowest BCUT2D eigenvalue weighted by Crippen LogP contribution is -2.44. The number of benzene rings is 3. The molecular formula is C35H33F3N4O3. The Hall–Kier alpha value is -4.33. The Bertz CT molecular complexity index is 1910. The highest BCUT2D eigenvalue weighted by Gasteiger charge is 2.49. The molecule has 10 heteroatoms. The van der Waals surface area contributed by atoms with Gasteiger partial charge in [-0.15, -0.1) is 6.42 Å². The van der Waals surface area contributed by atoms with E-state index in [1.54, 1.807) is 6.07 Å². The molecule has 4 unspecified atom stereocenters. The maximum Gasteiger partial charge on any atom is 0.319 e. The van der Waals surface area contributed by atoms with Gasteiger partial charge in [0.1, 0.15) is 35.7 Å². The first-order chi connectivity index (χ1) is 21.6. The summed E-state index contributed by atoms with van der Waals surface area (Å²) in [7, 11) is 0. The summed E-state index contributed by atoms with van der Waals surface area (Å²) in [6.45, 7) is 7.97. The molecule has 0 aliphatic carbocycles. The van der Waals surface area contributed by atoms with Gasteiger partial charge in [0.05, 0.1) is 17.2 Å². The number of rotatable bonds is 5. The van der Waals surface area contributed by atoms with Crippen LogP contribution in [-0.2, 0) is 0 Å². The first-order valence-electron chi connectivity index (χ1n) is 15.1. The summed E-state index contributed by atoms with van der Waals surface area (Å²) >= 11 is 0. The number of hydrogen-bond acceptors (Lipinski definition) is 7. The third-order valence-corrected chi connectivity index (χ3v) is 9.64. The van der Waals surface area contributed by atoms with E-state index in [0.717, 1.165) is 19.4 Å². The van der Waals surface area contributed by atoms with E-state index in [2.05, 4.69) is 22.4 Å². The molecule has 3 saturated heterocycles. The summed E-state index contributed by atoms with van der Waals surface area (Å²) in [6, 6.07) is 8.65. The third-order valence-electron chi connectivity index (χ3n) is 9.64. The molecule has 0 radical (unpaired) electrons. The number of aromatic hydroxyl groups is 1. The van der Waals surface area contributed by atoms with E-state index >= 15 is 4.39 Å². The monoisotopic (exact) mass is 614 g/mol. The SMILES string of the molecule is C#Cc1c(F)ccc2cc(O)cc(-c3ccc4c(N5CC(=C)C(O)C(C)C5)nc(OCC56CCCN5CC(F)C6)nc4c3F)c12. The standard InChI is InChI=1S/C35H33F3N4O3/c1-4-24-28(37)9-6-21-12-23(43)13-27(29(21)24)25-7-8-26-31(30(25)38)39-34(40-33(26)41-15-19(2)32(44)20(3)16-41)45-18-35-10-5-11-42(35)17-22(36)14-35/h1,6-9,12-13,20,22,32,43-44H,2,5,10-11,14-18H2,3H3. The van der Waals surface area contributed by atoms with E-state index < -0.39 is 29.4 Å². The molecule has 4 heterocycles. The van der Waals surface area contributed by atoms with Crippen LogP contribution in [0.1, 0.15) is 31.7 Å². The predicted molar refractivity (Wildman–Crippen MR) is 167 cm³/mol. The van der Waals surface area contributed by atoms with Gasteiger partial charge in [0.15, 0.2) is 5.82 Å². The third kappa shape index (κ3) is 4.86. The highest BCUT2D eigenvalue weighted by Crippen LogP contribution is 2.42. The van der Waals surface area contributed by atoms with Crippen LogP contribution in [0.3, 0.4) is 0 Å². The Morgan fingerprint density at radius 1 is 1.16 bits per heavy atom. The Kier molecular flexibility index (Phi) is 7.14. The molecule has 0 spiro atoms. The highest BCUT2D eigenvalue weighted by molar-refractivity contribution is 6.04. The van der Waals surface area contributed by atoms with Crippen molar-refractivity contribution in [2.45, 2.75) is 44.0 Å². The second-order valence-corrected chi connectivity index (χ2v) is 12.6. The molecule has 3 aliphatic heterocycles. The number of aromatic nitrogens is 2. The lowest BCUT2D eigenvalue weighted by atomic mass is 9.92. The zero-order valence-electron chi connectivity index (χ0n) is 24.9. The van der Waals surface area contributed by atoms with E-state index in [4.69, 9.17) is 16.1 Å². The van der Waals surface area contributed by atoms with Crippen LogP contribution in [0.5, 0.6) is 11.8 Å². The summed E-state index contributed by atoms with van der Waals surface area (Å²) in [5, 5.41) is 22.2. The number of aliphatic hydroxyl groups is 1. The minimum Gasteiger partial charge on any atom is -0.508 e. The largest absolute Gasteiger partial charge is 0.508 e. The summed E-state index contributed by atoms with van der Waals surface area (Å²) in [5.74, 6) is 1.12. The van der Waals surface area contributed by atoms with E-state index in [-0.39, 0.29) is 51.9 Å². The second-order valence-electron chi connectivity index (χ2n) is 12.6. The van der Waals surface area contributed by atoms with Crippen molar-refractivity contribution in [2.24, 2.45) is 5.92 Å². The zero-order valence-corrected chi connectivity index (χ0v) is 24.9. The molecule has 45 heavy (non-hydrogen) atoms. The Morgan fingerprint density at radius 2 is 1.98 bits per heavy atom. The molecule has 0 saturated carbocycles. The molecule has 7 rings (SSSR count). The molecule has 0 amide bonds. The Balaban J connectivity index is 1.39. The van der Waals surface area contributed by atoms with Crippen LogP contribution in [0.2, 0.25) is 0 Å². The van der Waals surface area contributed by atoms with Crippen LogP contribution in [0.25, 0.3) is 32.8 Å². The normalized spacial score (nSPS) is 25.2. The average Bonchev–Trinajstić information content (AvgIpc) is 3.54. The van der Waals surface area contributed by atoms with E-state index in [0.29, 0.717) is 48.2 Å². The number of ether oxygens (including phenoxy) is 1. The van der Waals surface area contributed by atoms with E-state index in [1.165, 1.54) is 30.3 Å². The number of hydrogen-bond donors (Lipinski definition) is 2. The number of nitrogens with zero attached hydrogens (tertiary/aromatic N) is 4. The quantitative estimate of drug-likeness (QED) is 0.219. The molecule has 3 aliphatic rings. The number of halogens is 3. The average molecular weight is 615 g/mol. The van der Waals surface area contributed by atoms with Crippen molar-refractivity contribution in [2.75, 3.05) is 37.7 Å². The van der Waals surface area contributed by atoms with Crippen LogP contribution in [-0.4, -0.2) is 75.7 Å². The number of terminal acetylenes is 1. The van der Waals surface area contributed by atoms with E-state index in [1.807, 2.05) is 11.8 Å². The maximum atomic E-state index is 16.8. The van der Waals surface area contributed by atoms with Gasteiger partial charge in [0.25, 0.3) is 0 Å². The number of phenolic OH excluding ortho intramolecular Hbond substituents is 1. The fourth-order valence-corrected chi connectivity index (χ4v) is 7.48. The molecule has 0 bridgehead atoms. The number of aliphatic hydroxyl groups excluding tert-OH is 1. The smallest absolute Gasteiger partial charge is 0.319 e. The summed E-state index contributed by atoms with van der Waals surface area (Å²) in [5.41, 5.74) is 0.328. The van der Waals surface area contributed by atoms with Crippen molar-refractivity contribution in [3.8, 4) is 35.2 Å². The van der Waals surface area contributed by atoms with Crippen molar-refractivity contribution < 1.29 is 28.1 Å². The van der Waals surface area contributed by atoms with Crippen LogP contribution in [0.15, 0.2) is 48.6 Å². The fourth-order valence-electron chi connectivity index (χ4n) is 7.48. The molecule has 4 atom stereocenters. The van der Waals surface area contributed by atoms with Crippen molar-refractivity contribution in [1.29, 1.82) is 0 Å². The predicted octanol–water partition coefficient (Wildman–Crippen LogP) is 5.74. The summed E-state index contributed by atoms with van der Waals surface area (Å²) < 4.78 is 52.2. The van der Waals surface area contributed by atoms with Gasteiger partial charge in [-0.3, -0.25) is 4.90 Å². The molecule has 232 valence electrons. The van der Waals surface area contributed by atoms with Crippen molar-refractivity contribution in [3.05, 3.63) is 65.7 Å². The molecule has 7 nitrogen and oxygen atoms in total. The fraction of sp³-hybridized carbons (Fsp3) is 0.371. The molecule has 3 fully saturated rings. The summed E-state index contributed by atoms with van der Waals surface area (Å²) in [6.07, 6.45) is 6.13. The first kappa shape index (κ1) is 29.4. The van der Waals surface area contributed by atoms with Gasteiger partial charge >= 0.3 is 6.01 Å². The van der Waals surface area contributed by atoms with Gasteiger partial charge in [0, 0.05) is 48.3 Å². The number of fused-ring (bicyclic) bond motifs is 3. The molecule has 1 aromatic heterocycles. The molecular weight excluding hydrogens is 581 g/mol. The van der Waals surface area contributed by atoms with Crippen molar-refractivity contribution in [1.82, 2.24) is 14.9 Å². The van der Waals surface area contributed by atoms with Crippen LogP contribution in [0, 0.1) is 29.9 Å². The van der Waals surface area contributed by atoms with Crippen LogP contribution in [0.4, 0.5) is 19.0 Å². The Labute approximate surface area is 259 Å². The maximum absolute atomic E-state index is 16.8. The van der Waals surface area contributed by atoms with Gasteiger partial charge < -0.3 is 19.8 Å². The number of anilines is 1. The molecule has 4 aromatic rings. The topological polar surface area (TPSA) is 82.0 Å².